The van der Waals surface area contributed by atoms with Gasteiger partial charge in [0, 0.05) is 31.1 Å². The standard InChI is InChI=1S/C29H28F3N3O/c1-17-12-18(2)20(4)24(19(17)3)16-35-26-11-6-5-10-25(26)33-28(35)21-13-27(36)34(15-21)23-9-7-8-22(14-23)29(30,31)32/h5-12,14,21H,13,15-16H2,1-4H3. The Morgan fingerprint density at radius 3 is 2.33 bits per heavy atom. The van der Waals surface area contributed by atoms with Crippen molar-refractivity contribution >= 4 is 22.6 Å². The zero-order valence-corrected chi connectivity index (χ0v) is 20.8. The van der Waals surface area contributed by atoms with Crippen molar-refractivity contribution in [2.75, 3.05) is 11.4 Å². The van der Waals surface area contributed by atoms with E-state index in [-0.39, 0.29) is 30.5 Å². The van der Waals surface area contributed by atoms with Crippen molar-refractivity contribution in [1.29, 1.82) is 0 Å². The van der Waals surface area contributed by atoms with Gasteiger partial charge >= 0.3 is 6.18 Å². The molecule has 1 amide bonds. The molecule has 1 unspecified atom stereocenters. The van der Waals surface area contributed by atoms with E-state index in [0.717, 1.165) is 29.0 Å². The molecule has 1 atom stereocenters. The Bertz CT molecular complexity index is 1460. The van der Waals surface area contributed by atoms with Crippen LogP contribution in [0.25, 0.3) is 11.0 Å². The smallest absolute Gasteiger partial charge is 0.323 e. The summed E-state index contributed by atoms with van der Waals surface area (Å²) in [6.45, 7) is 9.38. The molecular formula is C29H28F3N3O. The van der Waals surface area contributed by atoms with Crippen LogP contribution in [0.4, 0.5) is 18.9 Å². The van der Waals surface area contributed by atoms with E-state index < -0.39 is 11.7 Å². The number of rotatable bonds is 4. The van der Waals surface area contributed by atoms with Crippen LogP contribution in [0.15, 0.2) is 54.6 Å². The molecule has 0 radical (unpaired) electrons. The monoisotopic (exact) mass is 491 g/mol. The van der Waals surface area contributed by atoms with E-state index in [1.807, 2.05) is 24.3 Å². The molecule has 0 aliphatic carbocycles. The molecule has 1 aliphatic heterocycles. The van der Waals surface area contributed by atoms with Crippen LogP contribution in [0.1, 0.15) is 51.5 Å². The van der Waals surface area contributed by atoms with E-state index in [0.29, 0.717) is 6.54 Å². The summed E-state index contributed by atoms with van der Waals surface area (Å²) in [6, 6.07) is 15.1. The number of carbonyl (C=O) groups is 1. The Morgan fingerprint density at radius 1 is 0.944 bits per heavy atom. The highest BCUT2D eigenvalue weighted by Gasteiger charge is 2.37. The number of aryl methyl sites for hydroxylation is 2. The molecule has 1 aromatic heterocycles. The maximum absolute atomic E-state index is 13.3. The molecule has 0 spiro atoms. The van der Waals surface area contributed by atoms with Gasteiger partial charge in [-0.15, -0.1) is 0 Å². The van der Waals surface area contributed by atoms with E-state index in [2.05, 4.69) is 38.3 Å². The Hall–Kier alpha value is -3.61. The SMILES string of the molecule is Cc1cc(C)c(C)c(Cn2c(C3CC(=O)N(c4cccc(C(F)(F)F)c4)C3)nc3ccccc32)c1C. The zero-order valence-electron chi connectivity index (χ0n) is 20.8. The summed E-state index contributed by atoms with van der Waals surface area (Å²) in [6.07, 6.45) is -4.27. The first-order chi connectivity index (χ1) is 17.0. The van der Waals surface area contributed by atoms with Crippen LogP contribution in [-0.2, 0) is 17.5 Å². The van der Waals surface area contributed by atoms with Gasteiger partial charge in [0.05, 0.1) is 16.6 Å². The van der Waals surface area contributed by atoms with Crippen LogP contribution in [0.3, 0.4) is 0 Å². The number of hydrogen-bond acceptors (Lipinski definition) is 2. The van der Waals surface area contributed by atoms with E-state index in [1.54, 1.807) is 6.07 Å². The van der Waals surface area contributed by atoms with Crippen LogP contribution >= 0.6 is 0 Å². The number of amides is 1. The number of carbonyl (C=O) groups excluding carboxylic acids is 1. The maximum atomic E-state index is 13.3. The molecule has 0 saturated carbocycles. The van der Waals surface area contributed by atoms with E-state index >= 15 is 0 Å². The van der Waals surface area contributed by atoms with Crippen LogP contribution in [0.2, 0.25) is 0 Å². The van der Waals surface area contributed by atoms with Crippen molar-refractivity contribution in [3.8, 4) is 0 Å². The first-order valence-corrected chi connectivity index (χ1v) is 12.0. The molecule has 0 bridgehead atoms. The molecule has 4 aromatic rings. The number of alkyl halides is 3. The molecule has 1 fully saturated rings. The molecule has 186 valence electrons. The molecule has 1 aliphatic rings. The lowest BCUT2D eigenvalue weighted by Gasteiger charge is -2.20. The van der Waals surface area contributed by atoms with Gasteiger partial charge in [0.15, 0.2) is 0 Å². The van der Waals surface area contributed by atoms with Crippen LogP contribution in [0, 0.1) is 27.7 Å². The Balaban J connectivity index is 1.55. The number of fused-ring (bicyclic) bond motifs is 1. The van der Waals surface area contributed by atoms with Gasteiger partial charge < -0.3 is 9.47 Å². The van der Waals surface area contributed by atoms with Gasteiger partial charge in [0.2, 0.25) is 5.91 Å². The van der Waals surface area contributed by atoms with Crippen LogP contribution in [-0.4, -0.2) is 22.0 Å². The Kier molecular flexibility index (Phi) is 5.89. The number of anilines is 1. The lowest BCUT2D eigenvalue weighted by atomic mass is 9.94. The van der Waals surface area contributed by atoms with E-state index in [4.69, 9.17) is 4.98 Å². The second-order valence-electron chi connectivity index (χ2n) is 9.74. The summed E-state index contributed by atoms with van der Waals surface area (Å²) in [5.74, 6) is 0.361. The zero-order chi connectivity index (χ0) is 25.8. The lowest BCUT2D eigenvalue weighted by molar-refractivity contribution is -0.137. The second kappa shape index (κ2) is 8.80. The molecule has 36 heavy (non-hydrogen) atoms. The highest BCUT2D eigenvalue weighted by atomic mass is 19.4. The van der Waals surface area contributed by atoms with Crippen LogP contribution in [0.5, 0.6) is 0 Å². The fourth-order valence-corrected chi connectivity index (χ4v) is 5.25. The number of hydrogen-bond donors (Lipinski definition) is 0. The average Bonchev–Trinajstić information content (AvgIpc) is 3.40. The molecule has 4 nitrogen and oxygen atoms in total. The largest absolute Gasteiger partial charge is 0.416 e. The summed E-state index contributed by atoms with van der Waals surface area (Å²) < 4.78 is 42.0. The van der Waals surface area contributed by atoms with Gasteiger partial charge in [-0.2, -0.15) is 13.2 Å². The number of benzene rings is 3. The molecule has 7 heteroatoms. The van der Waals surface area contributed by atoms with Crippen molar-refractivity contribution in [2.45, 2.75) is 52.8 Å². The number of nitrogens with zero attached hydrogens (tertiary/aromatic N) is 3. The minimum Gasteiger partial charge on any atom is -0.323 e. The second-order valence-corrected chi connectivity index (χ2v) is 9.74. The lowest BCUT2D eigenvalue weighted by Crippen LogP contribution is -2.25. The van der Waals surface area contributed by atoms with Gasteiger partial charge in [0.1, 0.15) is 5.82 Å². The predicted molar refractivity (Wildman–Crippen MR) is 135 cm³/mol. The number of halogens is 3. The number of aromatic nitrogens is 2. The summed E-state index contributed by atoms with van der Waals surface area (Å²) in [5.41, 5.74) is 7.48. The fraction of sp³-hybridized carbons (Fsp3) is 0.310. The summed E-state index contributed by atoms with van der Waals surface area (Å²) >= 11 is 0. The number of imidazole rings is 1. The summed E-state index contributed by atoms with van der Waals surface area (Å²) in [7, 11) is 0. The maximum Gasteiger partial charge on any atom is 0.416 e. The van der Waals surface area contributed by atoms with Gasteiger partial charge in [-0.25, -0.2) is 4.98 Å². The molecular weight excluding hydrogens is 463 g/mol. The Labute approximate surface area is 208 Å². The van der Waals surface area contributed by atoms with Crippen molar-refractivity contribution in [1.82, 2.24) is 9.55 Å². The third kappa shape index (κ3) is 4.16. The minimum absolute atomic E-state index is 0.198. The average molecular weight is 492 g/mol. The first-order valence-electron chi connectivity index (χ1n) is 12.0. The highest BCUT2D eigenvalue weighted by Crippen LogP contribution is 2.37. The van der Waals surface area contributed by atoms with E-state index in [9.17, 15) is 18.0 Å². The topological polar surface area (TPSA) is 38.1 Å². The quantitative estimate of drug-likeness (QED) is 0.313. The van der Waals surface area contributed by atoms with Crippen molar-refractivity contribution < 1.29 is 18.0 Å². The third-order valence-corrected chi connectivity index (χ3v) is 7.50. The van der Waals surface area contributed by atoms with Crippen LogP contribution < -0.4 is 4.90 Å². The van der Waals surface area contributed by atoms with Gasteiger partial charge in [0.25, 0.3) is 0 Å². The first kappa shape index (κ1) is 24.1. The van der Waals surface area contributed by atoms with E-state index in [1.165, 1.54) is 38.8 Å². The number of para-hydroxylation sites is 2. The normalized spacial score (nSPS) is 16.4. The van der Waals surface area contributed by atoms with Crippen molar-refractivity contribution in [3.05, 3.63) is 93.8 Å². The fourth-order valence-electron chi connectivity index (χ4n) is 5.25. The summed E-state index contributed by atoms with van der Waals surface area (Å²) in [4.78, 5) is 19.4. The molecule has 1 saturated heterocycles. The van der Waals surface area contributed by atoms with Gasteiger partial charge in [-0.1, -0.05) is 24.3 Å². The Morgan fingerprint density at radius 2 is 1.64 bits per heavy atom. The van der Waals surface area contributed by atoms with Gasteiger partial charge in [-0.05, 0) is 85.8 Å². The molecule has 3 aromatic carbocycles. The molecule has 5 rings (SSSR count). The predicted octanol–water partition coefficient (Wildman–Crippen LogP) is 6.86. The van der Waals surface area contributed by atoms with Crippen molar-refractivity contribution in [2.24, 2.45) is 0 Å². The highest BCUT2D eigenvalue weighted by molar-refractivity contribution is 5.96. The molecule has 2 heterocycles. The van der Waals surface area contributed by atoms with Gasteiger partial charge in [-0.3, -0.25) is 4.79 Å². The third-order valence-electron chi connectivity index (χ3n) is 7.50. The molecule has 0 N–H and O–H groups in total. The minimum atomic E-state index is -4.46. The van der Waals surface area contributed by atoms with Crippen molar-refractivity contribution in [3.63, 3.8) is 0 Å². The summed E-state index contributed by atoms with van der Waals surface area (Å²) in [5, 5.41) is 0.